The van der Waals surface area contributed by atoms with Crippen molar-refractivity contribution in [3.63, 3.8) is 0 Å². The van der Waals surface area contributed by atoms with E-state index in [-0.39, 0.29) is 23.1 Å². The van der Waals surface area contributed by atoms with Crippen LogP contribution in [0.25, 0.3) is 5.70 Å². The molecule has 6 rings (SSSR count). The number of nitrogens with zero attached hydrogens (tertiary/aromatic N) is 2. The van der Waals surface area contributed by atoms with Gasteiger partial charge in [-0.05, 0) is 54.7 Å². The van der Waals surface area contributed by atoms with Gasteiger partial charge in [-0.3, -0.25) is 9.79 Å². The number of rotatable bonds is 2. The average molecular weight is 409 g/mol. The van der Waals surface area contributed by atoms with E-state index in [1.165, 1.54) is 12.0 Å². The Bertz CT molecular complexity index is 1170. The molecule has 4 heteroatoms. The third-order valence-electron chi connectivity index (χ3n) is 7.15. The van der Waals surface area contributed by atoms with Crippen LogP contribution in [-0.4, -0.2) is 27.2 Å². The Labute approximate surface area is 181 Å². The van der Waals surface area contributed by atoms with Crippen molar-refractivity contribution in [3.8, 4) is 5.75 Å². The molecule has 0 unspecified atom stereocenters. The Kier molecular flexibility index (Phi) is 4.04. The van der Waals surface area contributed by atoms with E-state index in [1.807, 2.05) is 24.3 Å². The van der Waals surface area contributed by atoms with Crippen molar-refractivity contribution in [1.82, 2.24) is 4.90 Å². The van der Waals surface area contributed by atoms with Crippen LogP contribution >= 0.6 is 0 Å². The molecule has 2 heterocycles. The first-order chi connectivity index (χ1) is 15.2. The van der Waals surface area contributed by atoms with Crippen LogP contribution in [0.2, 0.25) is 0 Å². The van der Waals surface area contributed by atoms with Gasteiger partial charge in [0.15, 0.2) is 5.78 Å². The van der Waals surface area contributed by atoms with Gasteiger partial charge in [0.2, 0.25) is 0 Å². The highest BCUT2D eigenvalue weighted by molar-refractivity contribution is 6.21. The summed E-state index contributed by atoms with van der Waals surface area (Å²) in [7, 11) is 0. The lowest BCUT2D eigenvalue weighted by Gasteiger charge is -2.53. The summed E-state index contributed by atoms with van der Waals surface area (Å²) >= 11 is 0. The van der Waals surface area contributed by atoms with Crippen LogP contribution in [-0.2, 0) is 4.79 Å². The van der Waals surface area contributed by atoms with Gasteiger partial charge in [0.25, 0.3) is 0 Å². The van der Waals surface area contributed by atoms with E-state index in [1.54, 1.807) is 24.3 Å². The van der Waals surface area contributed by atoms with Gasteiger partial charge in [0, 0.05) is 23.6 Å². The normalized spacial score (nSPS) is 28.8. The highest BCUT2D eigenvalue weighted by atomic mass is 16.3. The Morgan fingerprint density at radius 2 is 1.77 bits per heavy atom. The second-order valence-electron chi connectivity index (χ2n) is 8.86. The van der Waals surface area contributed by atoms with Crippen molar-refractivity contribution in [2.45, 2.75) is 37.3 Å². The van der Waals surface area contributed by atoms with Crippen LogP contribution in [0.4, 0.5) is 0 Å². The van der Waals surface area contributed by atoms with Crippen LogP contribution < -0.4 is 0 Å². The van der Waals surface area contributed by atoms with Crippen molar-refractivity contribution in [3.05, 3.63) is 95.7 Å². The molecule has 0 saturated heterocycles. The molecule has 3 atom stereocenters. The van der Waals surface area contributed by atoms with E-state index in [0.29, 0.717) is 5.92 Å². The number of carbonyl (C=O) groups excluding carboxylic acids is 1. The number of ketones is 1. The van der Waals surface area contributed by atoms with Crippen molar-refractivity contribution >= 4 is 17.2 Å². The average Bonchev–Trinajstić information content (AvgIpc) is 3.12. The molecule has 0 radical (unpaired) electrons. The maximum absolute atomic E-state index is 12.3. The minimum absolute atomic E-state index is 0.0198. The van der Waals surface area contributed by atoms with E-state index in [4.69, 9.17) is 4.99 Å². The number of fused-ring (bicyclic) bond motifs is 2. The van der Waals surface area contributed by atoms with Gasteiger partial charge in [-0.1, -0.05) is 55.0 Å². The number of aromatic hydroxyl groups is 1. The molecule has 0 aromatic heterocycles. The summed E-state index contributed by atoms with van der Waals surface area (Å²) < 4.78 is 0. The Morgan fingerprint density at radius 1 is 0.968 bits per heavy atom. The quantitative estimate of drug-likeness (QED) is 0.695. The van der Waals surface area contributed by atoms with E-state index >= 15 is 0 Å². The van der Waals surface area contributed by atoms with Crippen LogP contribution in [0.1, 0.15) is 42.7 Å². The van der Waals surface area contributed by atoms with Gasteiger partial charge in [0.1, 0.15) is 11.4 Å². The summed E-state index contributed by atoms with van der Waals surface area (Å²) in [4.78, 5) is 20.0. The summed E-state index contributed by atoms with van der Waals surface area (Å²) in [5.74, 6) is 0.803. The summed E-state index contributed by atoms with van der Waals surface area (Å²) in [6.07, 6.45) is 12.0. The maximum Gasteiger partial charge on any atom is 0.180 e. The van der Waals surface area contributed by atoms with Crippen molar-refractivity contribution in [2.75, 3.05) is 0 Å². The molecule has 2 aliphatic heterocycles. The van der Waals surface area contributed by atoms with Gasteiger partial charge in [-0.15, -0.1) is 0 Å². The number of hydrogen-bond donors (Lipinski definition) is 1. The zero-order valence-corrected chi connectivity index (χ0v) is 17.2. The predicted molar refractivity (Wildman–Crippen MR) is 121 cm³/mol. The zero-order chi connectivity index (χ0) is 21.0. The van der Waals surface area contributed by atoms with Gasteiger partial charge in [0.05, 0.1) is 11.4 Å². The maximum atomic E-state index is 12.3. The van der Waals surface area contributed by atoms with E-state index in [2.05, 4.69) is 35.2 Å². The van der Waals surface area contributed by atoms with E-state index in [0.717, 1.165) is 41.9 Å². The zero-order valence-electron chi connectivity index (χ0n) is 17.2. The largest absolute Gasteiger partial charge is 0.508 e. The minimum atomic E-state index is -0.378. The first kappa shape index (κ1) is 18.4. The van der Waals surface area contributed by atoms with E-state index in [9.17, 15) is 9.90 Å². The van der Waals surface area contributed by atoms with E-state index < -0.39 is 0 Å². The number of allylic oxidation sites excluding steroid dienone is 4. The highest BCUT2D eigenvalue weighted by Crippen LogP contribution is 2.57. The molecule has 0 amide bonds. The first-order valence-corrected chi connectivity index (χ1v) is 11.1. The second kappa shape index (κ2) is 6.81. The topological polar surface area (TPSA) is 52.9 Å². The Balaban J connectivity index is 1.60. The number of aliphatic imine (C=N–C) groups is 1. The molecule has 4 aliphatic rings. The fourth-order valence-corrected chi connectivity index (χ4v) is 5.85. The number of carbonyl (C=O) groups is 1. The number of phenolic OH excluding ortho intramolecular Hbond substituents is 1. The fourth-order valence-electron chi connectivity index (χ4n) is 5.85. The molecule has 2 aromatic rings. The first-order valence-electron chi connectivity index (χ1n) is 11.1. The summed E-state index contributed by atoms with van der Waals surface area (Å²) in [6.45, 7) is 0. The minimum Gasteiger partial charge on any atom is -0.508 e. The van der Waals surface area contributed by atoms with Gasteiger partial charge >= 0.3 is 0 Å². The third-order valence-corrected chi connectivity index (χ3v) is 7.15. The lowest BCUT2D eigenvalue weighted by Crippen LogP contribution is -2.54. The Morgan fingerprint density at radius 3 is 2.58 bits per heavy atom. The Hall–Kier alpha value is -3.40. The highest BCUT2D eigenvalue weighted by Gasteiger charge is 2.56. The SMILES string of the molecule is O=C1C=CC2=N[C@]34CCCC[C@H]3[C@H](c3ccc(O)cc3)C=C(c3ccccc3)N4C2=C1. The van der Waals surface area contributed by atoms with Crippen molar-refractivity contribution < 1.29 is 9.90 Å². The lowest BCUT2D eigenvalue weighted by atomic mass is 9.66. The fraction of sp³-hybridized carbons (Fsp3) is 0.259. The smallest absolute Gasteiger partial charge is 0.180 e. The molecular formula is C27H24N2O2. The van der Waals surface area contributed by atoms with Crippen LogP contribution in [0.5, 0.6) is 5.75 Å². The molecule has 1 saturated carbocycles. The molecule has 1 N–H and O–H groups in total. The molecule has 1 spiro atoms. The standard InChI is InChI=1S/C27H24N2O2/c30-20-11-9-18(10-12-20)22-17-25(19-6-2-1-3-7-19)29-26-16-21(31)13-14-24(26)28-27(29)15-5-4-8-23(22)27/h1-3,6-7,9-14,16-17,22-23,30H,4-5,8,15H2/t22-,23-,27-/m0/s1. The van der Waals surface area contributed by atoms with Crippen LogP contribution in [0.15, 0.2) is 89.6 Å². The van der Waals surface area contributed by atoms with Crippen LogP contribution in [0.3, 0.4) is 0 Å². The van der Waals surface area contributed by atoms with Crippen LogP contribution in [0, 0.1) is 5.92 Å². The number of phenols is 1. The van der Waals surface area contributed by atoms with Gasteiger partial charge in [-0.25, -0.2) is 0 Å². The molecule has 1 fully saturated rings. The predicted octanol–water partition coefficient (Wildman–Crippen LogP) is 5.20. The summed E-state index contributed by atoms with van der Waals surface area (Å²) in [6, 6.07) is 18.0. The molecule has 154 valence electrons. The molecular weight excluding hydrogens is 384 g/mol. The molecule has 31 heavy (non-hydrogen) atoms. The van der Waals surface area contributed by atoms with Gasteiger partial charge in [-0.2, -0.15) is 0 Å². The number of benzene rings is 2. The third kappa shape index (κ3) is 2.74. The number of hydrogen-bond acceptors (Lipinski definition) is 4. The van der Waals surface area contributed by atoms with Gasteiger partial charge < -0.3 is 10.0 Å². The molecule has 2 aromatic carbocycles. The monoisotopic (exact) mass is 408 g/mol. The summed E-state index contributed by atoms with van der Waals surface area (Å²) in [5, 5.41) is 9.84. The molecule has 4 nitrogen and oxygen atoms in total. The van der Waals surface area contributed by atoms with Crippen molar-refractivity contribution in [1.29, 1.82) is 0 Å². The summed E-state index contributed by atoms with van der Waals surface area (Å²) in [5.41, 5.74) is 4.92. The molecule has 2 aliphatic carbocycles. The van der Waals surface area contributed by atoms with Crippen molar-refractivity contribution in [2.24, 2.45) is 10.9 Å². The molecule has 0 bridgehead atoms. The lowest BCUT2D eigenvalue weighted by molar-refractivity contribution is -0.110. The second-order valence-corrected chi connectivity index (χ2v) is 8.86.